The number of amides is 1. The number of benzene rings is 2. The van der Waals surface area contributed by atoms with Crippen LogP contribution in [0, 0.1) is 6.92 Å². The first kappa shape index (κ1) is 21.3. The fraction of sp³-hybridized carbons (Fsp3) is 0.182. The number of aromatic nitrogens is 1. The van der Waals surface area contributed by atoms with E-state index in [1.807, 2.05) is 36.0 Å². The molecule has 0 fully saturated rings. The largest absolute Gasteiger partial charge is 0.496 e. The van der Waals surface area contributed by atoms with Crippen LogP contribution >= 0.6 is 11.6 Å². The monoisotopic (exact) mass is 428 g/mol. The van der Waals surface area contributed by atoms with Crippen LogP contribution in [0.25, 0.3) is 5.69 Å². The fourth-order valence-corrected chi connectivity index (χ4v) is 3.10. The smallest absolute Gasteiger partial charge is 0.343 e. The normalized spacial score (nSPS) is 10.4. The van der Waals surface area contributed by atoms with Gasteiger partial charge in [-0.1, -0.05) is 11.6 Å². The van der Waals surface area contributed by atoms with Crippen LogP contribution in [-0.4, -0.2) is 37.3 Å². The number of carbonyl (C=O) groups is 2. The summed E-state index contributed by atoms with van der Waals surface area (Å²) in [6.07, 6.45) is 3.71. The summed E-state index contributed by atoms with van der Waals surface area (Å²) in [6.45, 7) is 1.63. The number of anilines is 1. The van der Waals surface area contributed by atoms with Gasteiger partial charge in [-0.15, -0.1) is 0 Å². The van der Waals surface area contributed by atoms with Crippen LogP contribution in [0.3, 0.4) is 0 Å². The number of ether oxygens (including phenoxy) is 3. The van der Waals surface area contributed by atoms with Gasteiger partial charge in [0.15, 0.2) is 6.61 Å². The second-order valence-electron chi connectivity index (χ2n) is 6.39. The number of halogens is 1. The Morgan fingerprint density at radius 1 is 1.10 bits per heavy atom. The minimum atomic E-state index is -0.475. The lowest BCUT2D eigenvalue weighted by molar-refractivity contribution is -0.142. The van der Waals surface area contributed by atoms with Gasteiger partial charge in [-0.3, -0.25) is 4.79 Å². The van der Waals surface area contributed by atoms with Gasteiger partial charge >= 0.3 is 5.97 Å². The Hall–Kier alpha value is -3.45. The highest BCUT2D eigenvalue weighted by atomic mass is 35.5. The van der Waals surface area contributed by atoms with Gasteiger partial charge in [-0.25, -0.2) is 4.79 Å². The number of aryl methyl sites for hydroxylation is 1. The topological polar surface area (TPSA) is 78.8 Å². The van der Waals surface area contributed by atoms with Crippen LogP contribution in [0.15, 0.2) is 54.9 Å². The third-order valence-corrected chi connectivity index (χ3v) is 4.73. The lowest BCUT2D eigenvalue weighted by Crippen LogP contribution is -2.15. The zero-order valence-electron chi connectivity index (χ0n) is 16.8. The van der Waals surface area contributed by atoms with Crippen LogP contribution in [0.4, 0.5) is 5.69 Å². The summed E-state index contributed by atoms with van der Waals surface area (Å²) in [7, 11) is 2.79. The molecule has 0 spiro atoms. The van der Waals surface area contributed by atoms with E-state index in [1.165, 1.54) is 14.2 Å². The van der Waals surface area contributed by atoms with E-state index in [0.717, 1.165) is 5.56 Å². The van der Waals surface area contributed by atoms with Gasteiger partial charge in [-0.05, 0) is 48.9 Å². The lowest BCUT2D eigenvalue weighted by atomic mass is 10.1. The van der Waals surface area contributed by atoms with Crippen LogP contribution in [0.1, 0.15) is 15.9 Å². The molecule has 0 atom stereocenters. The predicted molar refractivity (Wildman–Crippen MR) is 114 cm³/mol. The Bertz CT molecular complexity index is 1060. The molecular weight excluding hydrogens is 408 g/mol. The SMILES string of the molecule is COC(=O)COc1ccc(NC(=O)c2cc(Cl)c(-n3cccc3)cc2OC)c(C)c1. The molecule has 1 heterocycles. The average Bonchev–Trinajstić information content (AvgIpc) is 3.28. The van der Waals surface area contributed by atoms with Crippen molar-refractivity contribution < 1.29 is 23.8 Å². The van der Waals surface area contributed by atoms with Gasteiger partial charge in [0.05, 0.1) is 30.5 Å². The number of hydrogen-bond acceptors (Lipinski definition) is 5. The van der Waals surface area contributed by atoms with E-state index in [-0.39, 0.29) is 12.5 Å². The second kappa shape index (κ2) is 9.37. The molecule has 7 nitrogen and oxygen atoms in total. The molecule has 1 amide bonds. The molecule has 3 rings (SSSR count). The van der Waals surface area contributed by atoms with Gasteiger partial charge in [0.1, 0.15) is 11.5 Å². The lowest BCUT2D eigenvalue weighted by Gasteiger charge is -2.15. The first-order valence-electron chi connectivity index (χ1n) is 9.05. The number of carbonyl (C=O) groups excluding carboxylic acids is 2. The minimum Gasteiger partial charge on any atom is -0.496 e. The number of esters is 1. The van der Waals surface area contributed by atoms with Crippen LogP contribution in [-0.2, 0) is 9.53 Å². The Morgan fingerprint density at radius 3 is 2.47 bits per heavy atom. The van der Waals surface area contributed by atoms with Gasteiger partial charge in [0, 0.05) is 24.1 Å². The zero-order chi connectivity index (χ0) is 21.7. The Balaban J connectivity index is 1.80. The molecule has 0 bridgehead atoms. The highest BCUT2D eigenvalue weighted by molar-refractivity contribution is 6.33. The molecule has 3 aromatic rings. The number of rotatable bonds is 7. The summed E-state index contributed by atoms with van der Waals surface area (Å²) in [5.74, 6) is 0.0559. The molecule has 0 saturated heterocycles. The predicted octanol–water partition coefficient (Wildman–Crippen LogP) is 4.25. The van der Waals surface area contributed by atoms with E-state index in [9.17, 15) is 9.59 Å². The number of methoxy groups -OCH3 is 2. The van der Waals surface area contributed by atoms with Crippen molar-refractivity contribution in [1.29, 1.82) is 0 Å². The van der Waals surface area contributed by atoms with Crippen LogP contribution in [0.2, 0.25) is 5.02 Å². The van der Waals surface area contributed by atoms with E-state index < -0.39 is 5.97 Å². The van der Waals surface area contributed by atoms with Crippen molar-refractivity contribution in [3.05, 3.63) is 71.0 Å². The van der Waals surface area contributed by atoms with Crippen molar-refractivity contribution in [3.8, 4) is 17.2 Å². The third kappa shape index (κ3) is 4.75. The molecular formula is C22H21ClN2O5. The van der Waals surface area contributed by atoms with E-state index >= 15 is 0 Å². The first-order valence-corrected chi connectivity index (χ1v) is 9.43. The van der Waals surface area contributed by atoms with Crippen molar-refractivity contribution in [2.24, 2.45) is 0 Å². The Labute approximate surface area is 179 Å². The molecule has 0 unspecified atom stereocenters. The maximum atomic E-state index is 12.9. The number of nitrogens with one attached hydrogen (secondary N) is 1. The molecule has 0 radical (unpaired) electrons. The van der Waals surface area contributed by atoms with Crippen molar-refractivity contribution in [3.63, 3.8) is 0 Å². The van der Waals surface area contributed by atoms with Crippen molar-refractivity contribution in [2.45, 2.75) is 6.92 Å². The second-order valence-corrected chi connectivity index (χ2v) is 6.80. The summed E-state index contributed by atoms with van der Waals surface area (Å²) in [6, 6.07) is 12.1. The Morgan fingerprint density at radius 2 is 1.83 bits per heavy atom. The molecule has 0 aliphatic rings. The van der Waals surface area contributed by atoms with Crippen molar-refractivity contribution in [2.75, 3.05) is 26.1 Å². The molecule has 2 aromatic carbocycles. The van der Waals surface area contributed by atoms with E-state index in [1.54, 1.807) is 30.3 Å². The molecule has 0 saturated carbocycles. The number of hydrogen-bond donors (Lipinski definition) is 1. The average molecular weight is 429 g/mol. The summed E-state index contributed by atoms with van der Waals surface area (Å²) >= 11 is 6.41. The molecule has 8 heteroatoms. The van der Waals surface area contributed by atoms with E-state index in [0.29, 0.717) is 33.5 Å². The summed E-state index contributed by atoms with van der Waals surface area (Å²) in [5.41, 5.74) is 2.37. The van der Waals surface area contributed by atoms with E-state index in [4.69, 9.17) is 21.1 Å². The van der Waals surface area contributed by atoms with Gasteiger partial charge in [0.2, 0.25) is 0 Å². The van der Waals surface area contributed by atoms with Gasteiger partial charge < -0.3 is 24.1 Å². The molecule has 30 heavy (non-hydrogen) atoms. The molecule has 1 aromatic heterocycles. The zero-order valence-corrected chi connectivity index (χ0v) is 17.5. The summed E-state index contributed by atoms with van der Waals surface area (Å²) < 4.78 is 17.2. The fourth-order valence-electron chi connectivity index (χ4n) is 2.84. The van der Waals surface area contributed by atoms with Crippen molar-refractivity contribution in [1.82, 2.24) is 4.57 Å². The quantitative estimate of drug-likeness (QED) is 0.569. The summed E-state index contributed by atoms with van der Waals surface area (Å²) in [5, 5.41) is 3.27. The van der Waals surface area contributed by atoms with E-state index in [2.05, 4.69) is 10.1 Å². The number of nitrogens with zero attached hydrogens (tertiary/aromatic N) is 1. The Kier molecular flexibility index (Phi) is 6.64. The molecule has 0 aliphatic carbocycles. The highest BCUT2D eigenvalue weighted by Gasteiger charge is 2.18. The molecule has 1 N–H and O–H groups in total. The molecule has 156 valence electrons. The van der Waals surface area contributed by atoms with Crippen molar-refractivity contribution >= 4 is 29.2 Å². The third-order valence-electron chi connectivity index (χ3n) is 4.43. The summed E-state index contributed by atoms with van der Waals surface area (Å²) in [4.78, 5) is 24.1. The first-order chi connectivity index (χ1) is 14.4. The standard InChI is InChI=1S/C22H21ClN2O5/c1-14-10-15(30-13-21(26)29-3)6-7-18(14)24-22(27)16-11-17(23)19(12-20(16)28-2)25-8-4-5-9-25/h4-12H,13H2,1-3H3,(H,24,27). The van der Waals surface area contributed by atoms with Gasteiger partial charge in [-0.2, -0.15) is 0 Å². The van der Waals surface area contributed by atoms with Crippen LogP contribution < -0.4 is 14.8 Å². The minimum absolute atomic E-state index is 0.189. The van der Waals surface area contributed by atoms with Crippen LogP contribution in [0.5, 0.6) is 11.5 Å². The maximum absolute atomic E-state index is 12.9. The van der Waals surface area contributed by atoms with Gasteiger partial charge in [0.25, 0.3) is 5.91 Å². The maximum Gasteiger partial charge on any atom is 0.343 e. The molecule has 0 aliphatic heterocycles. The highest BCUT2D eigenvalue weighted by Crippen LogP contribution is 2.31.